The monoisotopic (exact) mass is 272 g/mol. The van der Waals surface area contributed by atoms with E-state index in [-0.39, 0.29) is 5.82 Å². The molecule has 0 unspecified atom stereocenters. The summed E-state index contributed by atoms with van der Waals surface area (Å²) in [7, 11) is 0. The van der Waals surface area contributed by atoms with Crippen molar-refractivity contribution < 1.29 is 9.18 Å². The summed E-state index contributed by atoms with van der Waals surface area (Å²) in [6.45, 7) is 1.84. The molecule has 0 amide bonds. The number of aromatic nitrogens is 2. The quantitative estimate of drug-likeness (QED) is 0.797. The van der Waals surface area contributed by atoms with E-state index in [0.717, 1.165) is 36.1 Å². The van der Waals surface area contributed by atoms with Crippen molar-refractivity contribution in [3.05, 3.63) is 47.0 Å². The van der Waals surface area contributed by atoms with Crippen LogP contribution < -0.4 is 0 Å². The second kappa shape index (κ2) is 5.19. The Morgan fingerprint density at radius 3 is 2.75 bits per heavy atom. The van der Waals surface area contributed by atoms with Gasteiger partial charge in [-0.1, -0.05) is 12.8 Å². The molecular formula is C16H17FN2O. The molecule has 1 heterocycles. The van der Waals surface area contributed by atoms with Gasteiger partial charge in [0.15, 0.2) is 6.29 Å². The Morgan fingerprint density at radius 2 is 2.10 bits per heavy atom. The molecule has 3 nitrogen and oxygen atoms in total. The highest BCUT2D eigenvalue weighted by atomic mass is 19.1. The largest absolute Gasteiger partial charge is 0.298 e. The van der Waals surface area contributed by atoms with Crippen LogP contribution in [0, 0.1) is 12.7 Å². The van der Waals surface area contributed by atoms with Crippen molar-refractivity contribution in [1.82, 2.24) is 9.78 Å². The van der Waals surface area contributed by atoms with Gasteiger partial charge < -0.3 is 0 Å². The Kier molecular flexibility index (Phi) is 3.38. The lowest BCUT2D eigenvalue weighted by molar-refractivity contribution is 0.112. The Balaban J connectivity index is 2.04. The molecule has 1 aliphatic carbocycles. The summed E-state index contributed by atoms with van der Waals surface area (Å²) in [6, 6.07) is 4.59. The molecule has 0 radical (unpaired) electrons. The molecule has 0 N–H and O–H groups in total. The molecule has 20 heavy (non-hydrogen) atoms. The second-order valence-electron chi connectivity index (χ2n) is 5.44. The minimum atomic E-state index is -0.259. The standard InChI is InChI=1S/C16H17FN2O/c1-11-8-14(17)6-7-15(11)19-9-13(10-20)16(18-19)12-4-2-3-5-12/h6-10,12H,2-5H2,1H3. The number of rotatable bonds is 3. The summed E-state index contributed by atoms with van der Waals surface area (Å²) < 4.78 is 14.9. The molecule has 1 aromatic carbocycles. The van der Waals surface area contributed by atoms with Gasteiger partial charge >= 0.3 is 0 Å². The van der Waals surface area contributed by atoms with E-state index in [1.807, 2.05) is 6.92 Å². The number of halogens is 1. The summed E-state index contributed by atoms with van der Waals surface area (Å²) in [5, 5.41) is 4.59. The van der Waals surface area contributed by atoms with Crippen molar-refractivity contribution >= 4 is 6.29 Å². The van der Waals surface area contributed by atoms with Crippen molar-refractivity contribution in [2.45, 2.75) is 38.5 Å². The highest BCUT2D eigenvalue weighted by Gasteiger charge is 2.23. The van der Waals surface area contributed by atoms with E-state index < -0.39 is 0 Å². The lowest BCUT2D eigenvalue weighted by Gasteiger charge is -2.07. The average molecular weight is 272 g/mol. The van der Waals surface area contributed by atoms with Crippen LogP contribution in [0.2, 0.25) is 0 Å². The molecule has 0 spiro atoms. The van der Waals surface area contributed by atoms with E-state index in [1.165, 1.54) is 25.0 Å². The Morgan fingerprint density at radius 1 is 1.35 bits per heavy atom. The Hall–Kier alpha value is -1.97. The lowest BCUT2D eigenvalue weighted by Crippen LogP contribution is -2.01. The van der Waals surface area contributed by atoms with E-state index >= 15 is 0 Å². The maximum Gasteiger partial charge on any atom is 0.153 e. The van der Waals surface area contributed by atoms with Crippen LogP contribution in [0.1, 0.15) is 53.2 Å². The first kappa shape index (κ1) is 13.0. The molecule has 0 atom stereocenters. The van der Waals surface area contributed by atoms with E-state index in [1.54, 1.807) is 16.9 Å². The summed E-state index contributed by atoms with van der Waals surface area (Å²) in [5.41, 5.74) is 3.17. The van der Waals surface area contributed by atoms with E-state index in [2.05, 4.69) is 5.10 Å². The molecular weight excluding hydrogens is 255 g/mol. The van der Waals surface area contributed by atoms with Gasteiger partial charge in [-0.3, -0.25) is 4.79 Å². The van der Waals surface area contributed by atoms with Gasteiger partial charge in [-0.25, -0.2) is 9.07 Å². The van der Waals surface area contributed by atoms with Crippen molar-refractivity contribution in [1.29, 1.82) is 0 Å². The zero-order valence-electron chi connectivity index (χ0n) is 11.5. The average Bonchev–Trinajstić information content (AvgIpc) is 3.07. The fourth-order valence-electron chi connectivity index (χ4n) is 3.01. The Bertz CT molecular complexity index is 642. The van der Waals surface area contributed by atoms with Crippen molar-refractivity contribution in [2.24, 2.45) is 0 Å². The predicted octanol–water partition coefficient (Wildman–Crippen LogP) is 3.79. The van der Waals surface area contributed by atoms with E-state index in [0.29, 0.717) is 11.5 Å². The van der Waals surface area contributed by atoms with Crippen molar-refractivity contribution in [2.75, 3.05) is 0 Å². The third-order valence-corrected chi connectivity index (χ3v) is 4.05. The fraction of sp³-hybridized carbons (Fsp3) is 0.375. The second-order valence-corrected chi connectivity index (χ2v) is 5.44. The molecule has 1 aliphatic rings. The summed E-state index contributed by atoms with van der Waals surface area (Å²) in [5.74, 6) is 0.127. The summed E-state index contributed by atoms with van der Waals surface area (Å²) >= 11 is 0. The van der Waals surface area contributed by atoms with Gasteiger partial charge in [-0.2, -0.15) is 5.10 Å². The molecule has 104 valence electrons. The number of nitrogens with zero attached hydrogens (tertiary/aromatic N) is 2. The number of aldehydes is 1. The molecule has 1 saturated carbocycles. The number of carbonyl (C=O) groups excluding carboxylic acids is 1. The summed E-state index contributed by atoms with van der Waals surface area (Å²) in [6.07, 6.45) is 7.22. The smallest absolute Gasteiger partial charge is 0.153 e. The predicted molar refractivity (Wildman–Crippen MR) is 74.9 cm³/mol. The van der Waals surface area contributed by atoms with Gasteiger partial charge in [-0.05, 0) is 43.5 Å². The van der Waals surface area contributed by atoms with Crippen LogP contribution in [0.5, 0.6) is 0 Å². The third-order valence-electron chi connectivity index (χ3n) is 4.05. The molecule has 4 heteroatoms. The number of benzene rings is 1. The van der Waals surface area contributed by atoms with Crippen molar-refractivity contribution in [3.63, 3.8) is 0 Å². The normalized spacial score (nSPS) is 15.7. The zero-order chi connectivity index (χ0) is 14.1. The number of hydrogen-bond donors (Lipinski definition) is 0. The first-order valence-electron chi connectivity index (χ1n) is 7.00. The molecule has 2 aromatic rings. The van der Waals surface area contributed by atoms with Crippen LogP contribution in [-0.2, 0) is 0 Å². The minimum absolute atomic E-state index is 0.259. The topological polar surface area (TPSA) is 34.9 Å². The Labute approximate surface area is 117 Å². The summed E-state index contributed by atoms with van der Waals surface area (Å²) in [4.78, 5) is 11.3. The fourth-order valence-corrected chi connectivity index (χ4v) is 3.01. The van der Waals surface area contributed by atoms with Crippen molar-refractivity contribution in [3.8, 4) is 5.69 Å². The van der Waals surface area contributed by atoms with Crippen LogP contribution in [0.4, 0.5) is 4.39 Å². The molecule has 0 saturated heterocycles. The highest BCUT2D eigenvalue weighted by Crippen LogP contribution is 2.35. The van der Waals surface area contributed by atoms with Gasteiger partial charge in [-0.15, -0.1) is 0 Å². The van der Waals surface area contributed by atoms with Crippen LogP contribution in [0.25, 0.3) is 5.69 Å². The highest BCUT2D eigenvalue weighted by molar-refractivity contribution is 5.76. The first-order chi connectivity index (χ1) is 9.69. The van der Waals surface area contributed by atoms with Gasteiger partial charge in [0, 0.05) is 12.1 Å². The zero-order valence-corrected chi connectivity index (χ0v) is 11.5. The first-order valence-corrected chi connectivity index (χ1v) is 7.00. The molecule has 0 aliphatic heterocycles. The molecule has 1 fully saturated rings. The van der Waals surface area contributed by atoms with Gasteiger partial charge in [0.2, 0.25) is 0 Å². The third kappa shape index (κ3) is 2.26. The SMILES string of the molecule is Cc1cc(F)ccc1-n1cc(C=O)c(C2CCCC2)n1. The van der Waals surface area contributed by atoms with Gasteiger partial charge in [0.1, 0.15) is 5.82 Å². The van der Waals surface area contributed by atoms with E-state index in [9.17, 15) is 9.18 Å². The molecule has 3 rings (SSSR count). The number of aryl methyl sites for hydroxylation is 1. The lowest BCUT2D eigenvalue weighted by atomic mass is 10.0. The molecule has 1 aromatic heterocycles. The van der Waals surface area contributed by atoms with E-state index in [4.69, 9.17) is 0 Å². The van der Waals surface area contributed by atoms with Crippen LogP contribution >= 0.6 is 0 Å². The van der Waals surface area contributed by atoms with Crippen LogP contribution in [-0.4, -0.2) is 16.1 Å². The maximum atomic E-state index is 13.2. The van der Waals surface area contributed by atoms with Gasteiger partial charge in [0.25, 0.3) is 0 Å². The molecule has 0 bridgehead atoms. The van der Waals surface area contributed by atoms with Crippen LogP contribution in [0.3, 0.4) is 0 Å². The minimum Gasteiger partial charge on any atom is -0.298 e. The van der Waals surface area contributed by atoms with Crippen LogP contribution in [0.15, 0.2) is 24.4 Å². The van der Waals surface area contributed by atoms with Gasteiger partial charge in [0.05, 0.1) is 16.9 Å². The number of hydrogen-bond acceptors (Lipinski definition) is 2. The maximum absolute atomic E-state index is 13.2. The number of carbonyl (C=O) groups is 1.